The minimum Gasteiger partial charge on any atom is -0.497 e. The number of carbonyl (C=O) groups excluding carboxylic acids is 3. The summed E-state index contributed by atoms with van der Waals surface area (Å²) in [7, 11) is 2.87. The zero-order valence-electron chi connectivity index (χ0n) is 27.7. The van der Waals surface area contributed by atoms with E-state index in [-0.39, 0.29) is 43.2 Å². The number of methoxy groups -OCH3 is 2. The summed E-state index contributed by atoms with van der Waals surface area (Å²) in [5.41, 5.74) is 1.09. The van der Waals surface area contributed by atoms with E-state index in [1.165, 1.54) is 18.4 Å². The Morgan fingerprint density at radius 2 is 1.87 bits per heavy atom. The van der Waals surface area contributed by atoms with E-state index in [0.29, 0.717) is 40.2 Å². The van der Waals surface area contributed by atoms with Crippen molar-refractivity contribution in [2.75, 3.05) is 20.8 Å². The minimum absolute atomic E-state index is 0.0674. The molecule has 2 saturated carbocycles. The van der Waals surface area contributed by atoms with Crippen LogP contribution in [0, 0.1) is 29.1 Å². The summed E-state index contributed by atoms with van der Waals surface area (Å²) >= 11 is 0. The average Bonchev–Trinajstić information content (AvgIpc) is 3.53. The van der Waals surface area contributed by atoms with Crippen LogP contribution >= 0.6 is 0 Å². The SMILES string of the molecule is C=CCCC[C@@H]1[C@H]2C[C@H]2C[C@H]1OC(=O)C[C@H](C(=O)N1C[C@H](Oc2nc3cc(OC)ccc3nc2C=C)C[C@H]1C(=O)OC)C(C)(C)C. The number of amides is 1. The van der Waals surface area contributed by atoms with Gasteiger partial charge in [-0.25, -0.2) is 14.8 Å². The first-order chi connectivity index (χ1) is 22.0. The van der Waals surface area contributed by atoms with Gasteiger partial charge in [0, 0.05) is 12.5 Å². The van der Waals surface area contributed by atoms with Crippen molar-refractivity contribution >= 4 is 35.0 Å². The third-order valence-electron chi connectivity index (χ3n) is 9.84. The largest absolute Gasteiger partial charge is 0.497 e. The predicted octanol–water partition coefficient (Wildman–Crippen LogP) is 5.78. The molecule has 0 bridgehead atoms. The summed E-state index contributed by atoms with van der Waals surface area (Å²) in [5, 5.41) is 0. The summed E-state index contributed by atoms with van der Waals surface area (Å²) in [5.74, 6) is 0.601. The fourth-order valence-electron chi connectivity index (χ4n) is 7.22. The molecule has 248 valence electrons. The Kier molecular flexibility index (Phi) is 10.0. The zero-order valence-corrected chi connectivity index (χ0v) is 27.7. The first-order valence-electron chi connectivity index (χ1n) is 16.3. The van der Waals surface area contributed by atoms with Crippen LogP contribution in [0.25, 0.3) is 17.1 Å². The molecule has 0 unspecified atom stereocenters. The lowest BCUT2D eigenvalue weighted by Gasteiger charge is -2.34. The lowest BCUT2D eigenvalue weighted by Crippen LogP contribution is -2.48. The van der Waals surface area contributed by atoms with Crippen LogP contribution in [0.15, 0.2) is 37.4 Å². The van der Waals surface area contributed by atoms with Crippen molar-refractivity contribution in [2.24, 2.45) is 29.1 Å². The minimum atomic E-state index is -0.875. The quantitative estimate of drug-likeness (QED) is 0.154. The van der Waals surface area contributed by atoms with E-state index in [2.05, 4.69) is 23.1 Å². The maximum absolute atomic E-state index is 14.2. The Morgan fingerprint density at radius 1 is 1.09 bits per heavy atom. The highest BCUT2D eigenvalue weighted by atomic mass is 16.5. The number of carbonyl (C=O) groups is 3. The van der Waals surface area contributed by atoms with E-state index in [0.717, 1.165) is 25.7 Å². The molecule has 10 heteroatoms. The molecule has 2 heterocycles. The van der Waals surface area contributed by atoms with Gasteiger partial charge in [-0.1, -0.05) is 33.4 Å². The molecule has 2 aliphatic carbocycles. The van der Waals surface area contributed by atoms with Crippen LogP contribution in [0.1, 0.15) is 71.4 Å². The lowest BCUT2D eigenvalue weighted by atomic mass is 9.77. The van der Waals surface area contributed by atoms with Gasteiger partial charge in [0.2, 0.25) is 11.8 Å². The van der Waals surface area contributed by atoms with E-state index in [1.54, 1.807) is 31.4 Å². The summed E-state index contributed by atoms with van der Waals surface area (Å²) in [6.07, 6.45) is 8.07. The highest BCUT2D eigenvalue weighted by Gasteiger charge is 2.54. The number of hydrogen-bond acceptors (Lipinski definition) is 9. The monoisotopic (exact) mass is 633 g/mol. The number of allylic oxidation sites excluding steroid dienone is 1. The second-order valence-corrected chi connectivity index (χ2v) is 13.9. The van der Waals surface area contributed by atoms with Crippen molar-refractivity contribution in [1.82, 2.24) is 14.9 Å². The number of esters is 2. The third kappa shape index (κ3) is 7.21. The molecular formula is C36H47N3O7. The Morgan fingerprint density at radius 3 is 2.54 bits per heavy atom. The second kappa shape index (κ2) is 13.8. The fourth-order valence-corrected chi connectivity index (χ4v) is 7.22. The molecule has 1 aromatic carbocycles. The number of ether oxygens (including phenoxy) is 4. The van der Waals surface area contributed by atoms with Gasteiger partial charge in [0.05, 0.1) is 44.1 Å². The zero-order chi connectivity index (χ0) is 33.2. The molecule has 3 fully saturated rings. The molecule has 46 heavy (non-hydrogen) atoms. The highest BCUT2D eigenvalue weighted by Crippen LogP contribution is 2.57. The lowest BCUT2D eigenvalue weighted by molar-refractivity contribution is -0.160. The maximum Gasteiger partial charge on any atom is 0.328 e. The molecule has 5 rings (SSSR count). The van der Waals surface area contributed by atoms with Crippen LogP contribution in [-0.2, 0) is 23.9 Å². The van der Waals surface area contributed by atoms with Crippen molar-refractivity contribution in [1.29, 1.82) is 0 Å². The van der Waals surface area contributed by atoms with Crippen molar-refractivity contribution in [2.45, 2.75) is 84.0 Å². The summed E-state index contributed by atoms with van der Waals surface area (Å²) in [6.45, 7) is 13.6. The Bertz CT molecular complexity index is 1480. The molecule has 1 aromatic heterocycles. The van der Waals surface area contributed by atoms with E-state index >= 15 is 0 Å². The van der Waals surface area contributed by atoms with Crippen LogP contribution in [0.5, 0.6) is 11.6 Å². The van der Waals surface area contributed by atoms with Crippen LogP contribution in [0.4, 0.5) is 0 Å². The molecule has 7 atom stereocenters. The number of benzene rings is 1. The molecule has 0 spiro atoms. The molecule has 2 aromatic rings. The molecule has 10 nitrogen and oxygen atoms in total. The van der Waals surface area contributed by atoms with Crippen LogP contribution in [0.2, 0.25) is 0 Å². The predicted molar refractivity (Wildman–Crippen MR) is 174 cm³/mol. The van der Waals surface area contributed by atoms with Gasteiger partial charge in [0.25, 0.3) is 0 Å². The third-order valence-corrected chi connectivity index (χ3v) is 9.84. The number of nitrogens with zero attached hydrogens (tertiary/aromatic N) is 3. The van der Waals surface area contributed by atoms with Gasteiger partial charge in [-0.2, -0.15) is 0 Å². The molecule has 1 aliphatic heterocycles. The van der Waals surface area contributed by atoms with E-state index in [9.17, 15) is 14.4 Å². The highest BCUT2D eigenvalue weighted by molar-refractivity contribution is 5.89. The molecule has 1 saturated heterocycles. The number of rotatable bonds is 13. The fraction of sp³-hybridized carbons (Fsp3) is 0.583. The smallest absolute Gasteiger partial charge is 0.328 e. The van der Waals surface area contributed by atoms with E-state index < -0.39 is 29.4 Å². The molecular weight excluding hydrogens is 586 g/mol. The second-order valence-electron chi connectivity index (χ2n) is 13.9. The van der Waals surface area contributed by atoms with Gasteiger partial charge in [-0.05, 0) is 73.5 Å². The van der Waals surface area contributed by atoms with Gasteiger partial charge in [-0.3, -0.25) is 9.59 Å². The van der Waals surface area contributed by atoms with Gasteiger partial charge in [0.15, 0.2) is 0 Å². The standard InChI is InChI=1S/C36H47N3O7/c1-8-10-11-12-24-25-15-21(25)16-31(24)46-32(40)19-26(36(3,4)5)34(41)39-20-23(18-30(39)35(42)44-7)45-33-27(9-2)37-28-14-13-22(43-6)17-29(28)38-33/h8-9,13-14,17,21,23-26,30-31H,1-2,10-12,15-16,18-20H2,3-7H3/t21-,23+,24+,25-,26+,30-,31+/m0/s1. The molecule has 1 amide bonds. The summed E-state index contributed by atoms with van der Waals surface area (Å²) < 4.78 is 22.8. The molecule has 3 aliphatic rings. The number of likely N-dealkylation sites (tertiary alicyclic amines) is 1. The first kappa shape index (κ1) is 33.4. The van der Waals surface area contributed by atoms with Crippen LogP contribution in [0.3, 0.4) is 0 Å². The van der Waals surface area contributed by atoms with Crippen molar-refractivity contribution in [3.63, 3.8) is 0 Å². The normalized spacial score (nSPS) is 25.8. The average molecular weight is 634 g/mol. The van der Waals surface area contributed by atoms with E-state index in [4.69, 9.17) is 18.9 Å². The summed E-state index contributed by atoms with van der Waals surface area (Å²) in [4.78, 5) is 51.4. The van der Waals surface area contributed by atoms with Gasteiger partial charge >= 0.3 is 11.9 Å². The number of hydrogen-bond donors (Lipinski definition) is 0. The van der Waals surface area contributed by atoms with Crippen molar-refractivity contribution < 1.29 is 33.3 Å². The van der Waals surface area contributed by atoms with Gasteiger partial charge in [0.1, 0.15) is 29.7 Å². The Labute approximate surface area is 271 Å². The van der Waals surface area contributed by atoms with Crippen LogP contribution in [-0.4, -0.2) is 71.7 Å². The number of unbranched alkanes of at least 4 members (excludes halogenated alkanes) is 1. The van der Waals surface area contributed by atoms with Crippen molar-refractivity contribution in [3.8, 4) is 11.6 Å². The van der Waals surface area contributed by atoms with Crippen molar-refractivity contribution in [3.05, 3.63) is 43.1 Å². The summed E-state index contributed by atoms with van der Waals surface area (Å²) in [6, 6.07) is 4.48. The van der Waals surface area contributed by atoms with E-state index in [1.807, 2.05) is 26.8 Å². The number of aromatic nitrogens is 2. The van der Waals surface area contributed by atoms with Gasteiger partial charge in [-0.15, -0.1) is 6.58 Å². The topological polar surface area (TPSA) is 117 Å². The first-order valence-corrected chi connectivity index (χ1v) is 16.3. The number of fused-ring (bicyclic) bond motifs is 2. The van der Waals surface area contributed by atoms with Crippen LogP contribution < -0.4 is 9.47 Å². The molecule has 0 radical (unpaired) electrons. The Hall–Kier alpha value is -3.95. The maximum atomic E-state index is 14.2. The Balaban J connectivity index is 1.31. The van der Waals surface area contributed by atoms with Gasteiger partial charge < -0.3 is 23.8 Å². The molecule has 0 N–H and O–H groups in total.